The lowest BCUT2D eigenvalue weighted by Crippen LogP contribution is -2.26. The van der Waals surface area contributed by atoms with Crippen LogP contribution in [-0.4, -0.2) is 11.1 Å². The molecule has 1 N–H and O–H groups in total. The SMILES string of the molecule is C[C@H](O)c1cc(F)ccc1N(Cc1cccs1)C1CC1. The number of halogens is 1. The van der Waals surface area contributed by atoms with E-state index in [4.69, 9.17) is 0 Å². The van der Waals surface area contributed by atoms with Crippen LogP contribution >= 0.6 is 11.3 Å². The number of nitrogens with zero attached hydrogens (tertiary/aromatic N) is 1. The highest BCUT2D eigenvalue weighted by atomic mass is 32.1. The molecule has 1 aromatic carbocycles. The van der Waals surface area contributed by atoms with Crippen molar-refractivity contribution in [3.63, 3.8) is 0 Å². The second kappa shape index (κ2) is 5.54. The summed E-state index contributed by atoms with van der Waals surface area (Å²) >= 11 is 1.73. The molecular formula is C16H18FNOS. The molecule has 0 unspecified atom stereocenters. The summed E-state index contributed by atoms with van der Waals surface area (Å²) in [7, 11) is 0. The Bertz CT molecular complexity index is 578. The zero-order valence-electron chi connectivity index (χ0n) is 11.4. The fourth-order valence-corrected chi connectivity index (χ4v) is 3.19. The monoisotopic (exact) mass is 291 g/mol. The first-order valence-corrected chi connectivity index (χ1v) is 7.79. The number of hydrogen-bond acceptors (Lipinski definition) is 3. The lowest BCUT2D eigenvalue weighted by molar-refractivity contribution is 0.199. The molecule has 106 valence electrons. The highest BCUT2D eigenvalue weighted by molar-refractivity contribution is 7.09. The first-order valence-electron chi connectivity index (χ1n) is 6.91. The van der Waals surface area contributed by atoms with Gasteiger partial charge >= 0.3 is 0 Å². The van der Waals surface area contributed by atoms with Crippen molar-refractivity contribution in [2.45, 2.75) is 38.5 Å². The maximum absolute atomic E-state index is 13.4. The van der Waals surface area contributed by atoms with Crippen LogP contribution in [0.2, 0.25) is 0 Å². The van der Waals surface area contributed by atoms with Crippen LogP contribution in [0.15, 0.2) is 35.7 Å². The summed E-state index contributed by atoms with van der Waals surface area (Å²) in [6, 6.07) is 9.40. The van der Waals surface area contributed by atoms with E-state index in [1.54, 1.807) is 24.3 Å². The predicted molar refractivity (Wildman–Crippen MR) is 80.6 cm³/mol. The van der Waals surface area contributed by atoms with Gasteiger partial charge in [0.2, 0.25) is 0 Å². The van der Waals surface area contributed by atoms with Gasteiger partial charge in [-0.05, 0) is 49.4 Å². The molecule has 1 saturated carbocycles. The van der Waals surface area contributed by atoms with Crippen molar-refractivity contribution in [3.05, 3.63) is 52.0 Å². The summed E-state index contributed by atoms with van der Waals surface area (Å²) in [5, 5.41) is 12.0. The second-order valence-corrected chi connectivity index (χ2v) is 6.35. The van der Waals surface area contributed by atoms with Crippen LogP contribution in [0, 0.1) is 5.82 Å². The average molecular weight is 291 g/mol. The van der Waals surface area contributed by atoms with Crippen LogP contribution in [0.5, 0.6) is 0 Å². The number of aliphatic hydroxyl groups excluding tert-OH is 1. The highest BCUT2D eigenvalue weighted by Gasteiger charge is 2.31. The van der Waals surface area contributed by atoms with Gasteiger partial charge in [0.15, 0.2) is 0 Å². The summed E-state index contributed by atoms with van der Waals surface area (Å²) in [6.45, 7) is 2.52. The first kappa shape index (κ1) is 13.6. The van der Waals surface area contributed by atoms with Gasteiger partial charge in [-0.15, -0.1) is 11.3 Å². The van der Waals surface area contributed by atoms with Crippen LogP contribution in [-0.2, 0) is 6.54 Å². The third-order valence-corrected chi connectivity index (χ3v) is 4.50. The minimum atomic E-state index is -0.662. The fraction of sp³-hybridized carbons (Fsp3) is 0.375. The Morgan fingerprint density at radius 3 is 2.80 bits per heavy atom. The van der Waals surface area contributed by atoms with E-state index in [1.165, 1.54) is 29.9 Å². The van der Waals surface area contributed by atoms with Crippen molar-refractivity contribution < 1.29 is 9.50 Å². The molecule has 20 heavy (non-hydrogen) atoms. The summed E-state index contributed by atoms with van der Waals surface area (Å²) in [6.07, 6.45) is 1.68. The molecule has 1 heterocycles. The number of aliphatic hydroxyl groups is 1. The third-order valence-electron chi connectivity index (χ3n) is 3.64. The molecule has 1 aliphatic carbocycles. The topological polar surface area (TPSA) is 23.5 Å². The molecule has 0 saturated heterocycles. The number of anilines is 1. The zero-order chi connectivity index (χ0) is 14.1. The summed E-state index contributed by atoms with van der Waals surface area (Å²) in [5.74, 6) is -0.295. The highest BCUT2D eigenvalue weighted by Crippen LogP contribution is 2.37. The summed E-state index contributed by atoms with van der Waals surface area (Å²) in [5.41, 5.74) is 1.63. The van der Waals surface area contributed by atoms with E-state index < -0.39 is 6.10 Å². The third kappa shape index (κ3) is 2.86. The van der Waals surface area contributed by atoms with E-state index >= 15 is 0 Å². The van der Waals surface area contributed by atoms with Crippen molar-refractivity contribution in [2.24, 2.45) is 0 Å². The summed E-state index contributed by atoms with van der Waals surface area (Å²) in [4.78, 5) is 3.59. The molecule has 0 spiro atoms. The average Bonchev–Trinajstić information content (AvgIpc) is 3.13. The molecule has 3 rings (SSSR count). The van der Waals surface area contributed by atoms with Crippen molar-refractivity contribution in [2.75, 3.05) is 4.90 Å². The fourth-order valence-electron chi connectivity index (χ4n) is 2.49. The normalized spacial score (nSPS) is 16.1. The molecule has 0 bridgehead atoms. The lowest BCUT2D eigenvalue weighted by Gasteiger charge is -2.27. The molecule has 1 aliphatic rings. The second-order valence-electron chi connectivity index (χ2n) is 5.32. The van der Waals surface area contributed by atoms with E-state index in [0.717, 1.165) is 12.2 Å². The van der Waals surface area contributed by atoms with E-state index in [1.807, 2.05) is 6.07 Å². The molecule has 1 atom stereocenters. The van der Waals surface area contributed by atoms with Gasteiger partial charge in [0, 0.05) is 22.2 Å². The minimum Gasteiger partial charge on any atom is -0.389 e. The van der Waals surface area contributed by atoms with Crippen LogP contribution < -0.4 is 4.90 Å². The Balaban J connectivity index is 1.95. The smallest absolute Gasteiger partial charge is 0.123 e. The van der Waals surface area contributed by atoms with Crippen molar-refractivity contribution in [1.29, 1.82) is 0 Å². The van der Waals surface area contributed by atoms with Crippen LogP contribution in [0.1, 0.15) is 36.3 Å². The van der Waals surface area contributed by atoms with Gasteiger partial charge in [0.1, 0.15) is 5.82 Å². The van der Waals surface area contributed by atoms with E-state index in [2.05, 4.69) is 16.3 Å². The molecule has 0 aliphatic heterocycles. The molecule has 0 amide bonds. The van der Waals surface area contributed by atoms with E-state index in [-0.39, 0.29) is 5.82 Å². The van der Waals surface area contributed by atoms with Gasteiger partial charge < -0.3 is 10.0 Å². The molecule has 1 fully saturated rings. The van der Waals surface area contributed by atoms with Gasteiger partial charge in [-0.25, -0.2) is 4.39 Å². The Labute approximate surface area is 122 Å². The Hall–Kier alpha value is -1.39. The zero-order valence-corrected chi connectivity index (χ0v) is 12.2. The minimum absolute atomic E-state index is 0.295. The predicted octanol–water partition coefficient (Wildman–Crippen LogP) is 4.11. The van der Waals surface area contributed by atoms with Gasteiger partial charge in [0.25, 0.3) is 0 Å². The van der Waals surface area contributed by atoms with Gasteiger partial charge in [-0.1, -0.05) is 6.07 Å². The van der Waals surface area contributed by atoms with Crippen molar-refractivity contribution >= 4 is 17.0 Å². The first-order chi connectivity index (χ1) is 9.65. The van der Waals surface area contributed by atoms with E-state index in [9.17, 15) is 9.50 Å². The van der Waals surface area contributed by atoms with Crippen LogP contribution in [0.3, 0.4) is 0 Å². The van der Waals surface area contributed by atoms with Crippen LogP contribution in [0.25, 0.3) is 0 Å². The number of rotatable bonds is 5. The van der Waals surface area contributed by atoms with Crippen molar-refractivity contribution in [3.8, 4) is 0 Å². The molecule has 2 nitrogen and oxygen atoms in total. The molecule has 1 aromatic heterocycles. The van der Waals surface area contributed by atoms with Gasteiger partial charge in [-0.3, -0.25) is 0 Å². The largest absolute Gasteiger partial charge is 0.389 e. The molecule has 4 heteroatoms. The van der Waals surface area contributed by atoms with Gasteiger partial charge in [0.05, 0.1) is 12.6 Å². The Morgan fingerprint density at radius 2 is 2.20 bits per heavy atom. The van der Waals surface area contributed by atoms with E-state index in [0.29, 0.717) is 11.6 Å². The van der Waals surface area contributed by atoms with Crippen LogP contribution in [0.4, 0.5) is 10.1 Å². The number of hydrogen-bond donors (Lipinski definition) is 1. The maximum Gasteiger partial charge on any atom is 0.123 e. The standard InChI is InChI=1S/C16H18FNOS/c1-11(19)15-9-12(17)4-7-16(15)18(13-5-6-13)10-14-3-2-8-20-14/h2-4,7-9,11,13,19H,5-6,10H2,1H3/t11-/m0/s1. The molecule has 2 aromatic rings. The van der Waals surface area contributed by atoms with Gasteiger partial charge in [-0.2, -0.15) is 0 Å². The number of thiophene rings is 1. The quantitative estimate of drug-likeness (QED) is 0.896. The Kier molecular flexibility index (Phi) is 3.76. The molecular weight excluding hydrogens is 273 g/mol. The molecule has 0 radical (unpaired) electrons. The maximum atomic E-state index is 13.4. The lowest BCUT2D eigenvalue weighted by atomic mass is 10.1. The van der Waals surface area contributed by atoms with Crippen molar-refractivity contribution in [1.82, 2.24) is 0 Å². The Morgan fingerprint density at radius 1 is 1.40 bits per heavy atom. The number of benzene rings is 1. The summed E-state index contributed by atoms with van der Waals surface area (Å²) < 4.78 is 13.4.